The number of aryl methyl sites for hydroxylation is 2. The van der Waals surface area contributed by atoms with E-state index in [1.165, 1.54) is 42.8 Å². The zero-order valence-corrected chi connectivity index (χ0v) is 13.0. The van der Waals surface area contributed by atoms with Crippen molar-refractivity contribution >= 4 is 0 Å². The van der Waals surface area contributed by atoms with Crippen LogP contribution in [-0.4, -0.2) is 38.0 Å². The molecule has 1 N–H and O–H groups in total. The monoisotopic (exact) mass is 287 g/mol. The highest BCUT2D eigenvalue weighted by molar-refractivity contribution is 5.14. The van der Waals surface area contributed by atoms with Crippen molar-refractivity contribution in [1.29, 1.82) is 0 Å². The van der Waals surface area contributed by atoms with Crippen LogP contribution in [0.15, 0.2) is 18.6 Å². The fourth-order valence-corrected chi connectivity index (χ4v) is 3.25. The second-order valence-electron chi connectivity index (χ2n) is 6.18. The first-order valence-electron chi connectivity index (χ1n) is 7.97. The average molecular weight is 287 g/mol. The van der Waals surface area contributed by atoms with E-state index in [2.05, 4.69) is 40.2 Å². The Balaban J connectivity index is 1.56. The predicted octanol–water partition coefficient (Wildman–Crippen LogP) is 2.39. The molecule has 2 aromatic heterocycles. The third-order valence-corrected chi connectivity index (χ3v) is 4.45. The molecule has 0 aliphatic carbocycles. The Morgan fingerprint density at radius 2 is 2.29 bits per heavy atom. The van der Waals surface area contributed by atoms with Crippen LogP contribution in [0.5, 0.6) is 0 Å². The summed E-state index contributed by atoms with van der Waals surface area (Å²) < 4.78 is 2.00. The lowest BCUT2D eigenvalue weighted by Gasteiger charge is -2.32. The smallest absolute Gasteiger partial charge is 0.0534 e. The van der Waals surface area contributed by atoms with Gasteiger partial charge in [0.05, 0.1) is 12.4 Å². The molecule has 2 aromatic rings. The molecule has 0 aromatic carbocycles. The van der Waals surface area contributed by atoms with Crippen molar-refractivity contribution in [3.63, 3.8) is 0 Å². The second-order valence-corrected chi connectivity index (χ2v) is 6.18. The summed E-state index contributed by atoms with van der Waals surface area (Å²) in [5.74, 6) is 0.735. The maximum absolute atomic E-state index is 4.37. The first-order valence-corrected chi connectivity index (χ1v) is 7.97. The van der Waals surface area contributed by atoms with E-state index in [-0.39, 0.29) is 0 Å². The molecular formula is C16H25N5. The van der Waals surface area contributed by atoms with Crippen molar-refractivity contribution in [2.75, 3.05) is 13.1 Å². The van der Waals surface area contributed by atoms with Crippen LogP contribution in [0.25, 0.3) is 0 Å². The molecule has 1 atom stereocenters. The van der Waals surface area contributed by atoms with Crippen LogP contribution in [0.4, 0.5) is 0 Å². The molecule has 21 heavy (non-hydrogen) atoms. The van der Waals surface area contributed by atoms with Crippen LogP contribution < -0.4 is 0 Å². The van der Waals surface area contributed by atoms with Gasteiger partial charge in [-0.3, -0.25) is 14.7 Å². The molecule has 114 valence electrons. The topological polar surface area (TPSA) is 49.7 Å². The Morgan fingerprint density at radius 1 is 1.38 bits per heavy atom. The molecule has 0 saturated carbocycles. The summed E-state index contributed by atoms with van der Waals surface area (Å²) in [5, 5.41) is 11.7. The SMILES string of the molecule is CCn1cc(CN2CCCC(Cc3[nH]ncc3C)C2)cn1. The Hall–Kier alpha value is -1.62. The molecule has 5 nitrogen and oxygen atoms in total. The molecule has 0 bridgehead atoms. The van der Waals surface area contributed by atoms with E-state index in [1.54, 1.807) is 0 Å². The number of rotatable bonds is 5. The van der Waals surface area contributed by atoms with Gasteiger partial charge in [0.1, 0.15) is 0 Å². The van der Waals surface area contributed by atoms with Gasteiger partial charge in [-0.05, 0) is 51.1 Å². The van der Waals surface area contributed by atoms with Gasteiger partial charge in [-0.25, -0.2) is 0 Å². The van der Waals surface area contributed by atoms with Gasteiger partial charge < -0.3 is 0 Å². The first-order chi connectivity index (χ1) is 10.2. The van der Waals surface area contributed by atoms with Crippen LogP contribution >= 0.6 is 0 Å². The summed E-state index contributed by atoms with van der Waals surface area (Å²) in [5.41, 5.74) is 3.92. The van der Waals surface area contributed by atoms with Crippen molar-refractivity contribution in [2.24, 2.45) is 5.92 Å². The van der Waals surface area contributed by atoms with Gasteiger partial charge in [-0.15, -0.1) is 0 Å². The first kappa shape index (κ1) is 14.3. The number of hydrogen-bond donors (Lipinski definition) is 1. The van der Waals surface area contributed by atoms with Crippen LogP contribution in [0.2, 0.25) is 0 Å². The highest BCUT2D eigenvalue weighted by Gasteiger charge is 2.21. The largest absolute Gasteiger partial charge is 0.299 e. The molecular weight excluding hydrogens is 262 g/mol. The summed E-state index contributed by atoms with van der Waals surface area (Å²) >= 11 is 0. The molecule has 1 saturated heterocycles. The van der Waals surface area contributed by atoms with Crippen molar-refractivity contribution in [3.8, 4) is 0 Å². The van der Waals surface area contributed by atoms with E-state index in [1.807, 2.05) is 17.1 Å². The zero-order chi connectivity index (χ0) is 14.7. The normalized spacial score (nSPS) is 20.0. The van der Waals surface area contributed by atoms with E-state index < -0.39 is 0 Å². The average Bonchev–Trinajstić information content (AvgIpc) is 3.09. The summed E-state index contributed by atoms with van der Waals surface area (Å²) in [6.07, 6.45) is 9.84. The van der Waals surface area contributed by atoms with Crippen molar-refractivity contribution in [3.05, 3.63) is 35.4 Å². The van der Waals surface area contributed by atoms with Crippen LogP contribution in [0.3, 0.4) is 0 Å². The van der Waals surface area contributed by atoms with Crippen molar-refractivity contribution in [1.82, 2.24) is 24.9 Å². The summed E-state index contributed by atoms with van der Waals surface area (Å²) in [4.78, 5) is 2.57. The lowest BCUT2D eigenvalue weighted by Crippen LogP contribution is -2.35. The Bertz CT molecular complexity index is 571. The Labute approximate surface area is 126 Å². The van der Waals surface area contributed by atoms with Gasteiger partial charge >= 0.3 is 0 Å². The number of likely N-dealkylation sites (tertiary alicyclic amines) is 1. The minimum atomic E-state index is 0.735. The molecule has 0 radical (unpaired) electrons. The number of H-pyrrole nitrogens is 1. The van der Waals surface area contributed by atoms with Gasteiger partial charge in [0.25, 0.3) is 0 Å². The maximum Gasteiger partial charge on any atom is 0.0534 e. The molecule has 5 heteroatoms. The second kappa shape index (κ2) is 6.43. The van der Waals surface area contributed by atoms with Gasteiger partial charge in [0.15, 0.2) is 0 Å². The molecule has 1 unspecified atom stereocenters. The standard InChI is InChI=1S/C16H25N5/c1-3-21-12-15(9-18-21)11-20-6-4-5-14(10-20)7-16-13(2)8-17-19-16/h8-9,12,14H,3-7,10-11H2,1-2H3,(H,17,19). The number of nitrogens with one attached hydrogen (secondary N) is 1. The highest BCUT2D eigenvalue weighted by atomic mass is 15.3. The highest BCUT2D eigenvalue weighted by Crippen LogP contribution is 2.22. The molecule has 0 spiro atoms. The number of aromatic nitrogens is 4. The van der Waals surface area contributed by atoms with Crippen LogP contribution in [0, 0.1) is 12.8 Å². The van der Waals surface area contributed by atoms with E-state index in [0.717, 1.165) is 25.4 Å². The fraction of sp³-hybridized carbons (Fsp3) is 0.625. The summed E-state index contributed by atoms with van der Waals surface area (Å²) in [7, 11) is 0. The quantitative estimate of drug-likeness (QED) is 0.918. The van der Waals surface area contributed by atoms with Crippen molar-refractivity contribution in [2.45, 2.75) is 46.2 Å². The minimum Gasteiger partial charge on any atom is -0.299 e. The number of hydrogen-bond acceptors (Lipinski definition) is 3. The molecule has 1 aliphatic rings. The third kappa shape index (κ3) is 3.53. The maximum atomic E-state index is 4.37. The van der Waals surface area contributed by atoms with Gasteiger partial charge in [0.2, 0.25) is 0 Å². The van der Waals surface area contributed by atoms with Gasteiger partial charge in [0, 0.05) is 37.1 Å². The summed E-state index contributed by atoms with van der Waals surface area (Å²) in [6, 6.07) is 0. The number of nitrogens with zero attached hydrogens (tertiary/aromatic N) is 4. The Morgan fingerprint density at radius 3 is 3.00 bits per heavy atom. The van der Waals surface area contributed by atoms with Crippen LogP contribution in [-0.2, 0) is 19.5 Å². The van der Waals surface area contributed by atoms with E-state index in [0.29, 0.717) is 0 Å². The molecule has 3 heterocycles. The molecule has 0 amide bonds. The lowest BCUT2D eigenvalue weighted by atomic mass is 9.92. The molecule has 1 aliphatic heterocycles. The van der Waals surface area contributed by atoms with Crippen LogP contribution in [0.1, 0.15) is 36.6 Å². The molecule has 3 rings (SSSR count). The Kier molecular flexibility index (Phi) is 4.39. The summed E-state index contributed by atoms with van der Waals surface area (Å²) in [6.45, 7) is 8.62. The fourth-order valence-electron chi connectivity index (χ4n) is 3.25. The predicted molar refractivity (Wildman–Crippen MR) is 82.9 cm³/mol. The van der Waals surface area contributed by atoms with Crippen molar-refractivity contribution < 1.29 is 0 Å². The number of aromatic amines is 1. The van der Waals surface area contributed by atoms with E-state index in [9.17, 15) is 0 Å². The lowest BCUT2D eigenvalue weighted by molar-refractivity contribution is 0.166. The van der Waals surface area contributed by atoms with Gasteiger partial charge in [-0.1, -0.05) is 0 Å². The zero-order valence-electron chi connectivity index (χ0n) is 13.0. The molecule has 1 fully saturated rings. The third-order valence-electron chi connectivity index (χ3n) is 4.45. The van der Waals surface area contributed by atoms with Gasteiger partial charge in [-0.2, -0.15) is 10.2 Å². The van der Waals surface area contributed by atoms with E-state index in [4.69, 9.17) is 0 Å². The minimum absolute atomic E-state index is 0.735. The number of piperidine rings is 1. The van der Waals surface area contributed by atoms with E-state index >= 15 is 0 Å².